The molecule has 0 saturated carbocycles. The zero-order valence-electron chi connectivity index (χ0n) is 12.7. The van der Waals surface area contributed by atoms with Gasteiger partial charge >= 0.3 is 0 Å². The molecule has 0 spiro atoms. The van der Waals surface area contributed by atoms with Crippen molar-refractivity contribution in [3.05, 3.63) is 76.6 Å². The van der Waals surface area contributed by atoms with Crippen LogP contribution in [0.25, 0.3) is 10.9 Å². The monoisotopic (exact) mass is 321 g/mol. The van der Waals surface area contributed by atoms with Gasteiger partial charge in [0, 0.05) is 28.9 Å². The van der Waals surface area contributed by atoms with E-state index in [4.69, 9.17) is 5.73 Å². The molecule has 3 aromatic rings. The highest BCUT2D eigenvalue weighted by atomic mass is 16.2. The lowest BCUT2D eigenvalue weighted by Crippen LogP contribution is -2.20. The Labute approximate surface area is 137 Å². The summed E-state index contributed by atoms with van der Waals surface area (Å²) in [6.45, 7) is 0.0678. The maximum absolute atomic E-state index is 12.2. The van der Waals surface area contributed by atoms with Crippen molar-refractivity contribution >= 4 is 28.4 Å². The summed E-state index contributed by atoms with van der Waals surface area (Å²) >= 11 is 0. The normalized spacial score (nSPS) is 10.5. The first-order valence-corrected chi connectivity index (χ1v) is 7.32. The number of amides is 2. The number of carbonyl (C=O) groups excluding carboxylic acids is 2. The summed E-state index contributed by atoms with van der Waals surface area (Å²) in [5, 5.41) is 3.31. The summed E-state index contributed by atoms with van der Waals surface area (Å²) in [6.07, 6.45) is 1.60. The van der Waals surface area contributed by atoms with Crippen molar-refractivity contribution < 1.29 is 9.59 Å². The minimum atomic E-state index is -0.521. The Hall–Kier alpha value is -3.41. The van der Waals surface area contributed by atoms with Gasteiger partial charge in [-0.1, -0.05) is 12.1 Å². The van der Waals surface area contributed by atoms with Crippen molar-refractivity contribution in [2.24, 2.45) is 5.73 Å². The van der Waals surface area contributed by atoms with Crippen LogP contribution in [0, 0.1) is 0 Å². The van der Waals surface area contributed by atoms with Gasteiger partial charge in [-0.05, 0) is 36.4 Å². The van der Waals surface area contributed by atoms with Crippen molar-refractivity contribution in [3.8, 4) is 0 Å². The highest BCUT2D eigenvalue weighted by molar-refractivity contribution is 5.95. The molecular formula is C18H15N3O3. The molecule has 120 valence electrons. The van der Waals surface area contributed by atoms with E-state index in [1.807, 2.05) is 6.07 Å². The van der Waals surface area contributed by atoms with Crippen molar-refractivity contribution in [2.75, 3.05) is 5.32 Å². The lowest BCUT2D eigenvalue weighted by molar-refractivity contribution is -0.116. The molecule has 2 aromatic carbocycles. The number of carbonyl (C=O) groups is 2. The predicted octanol–water partition coefficient (Wildman–Crippen LogP) is 1.74. The molecule has 6 heteroatoms. The Morgan fingerprint density at radius 2 is 1.71 bits per heavy atom. The van der Waals surface area contributed by atoms with E-state index < -0.39 is 5.91 Å². The first-order valence-electron chi connectivity index (χ1n) is 7.32. The van der Waals surface area contributed by atoms with E-state index in [-0.39, 0.29) is 17.9 Å². The second-order valence-electron chi connectivity index (χ2n) is 5.31. The zero-order valence-corrected chi connectivity index (χ0v) is 12.7. The number of para-hydroxylation sites is 1. The lowest BCUT2D eigenvalue weighted by Gasteiger charge is -2.11. The van der Waals surface area contributed by atoms with Gasteiger partial charge in [0.15, 0.2) is 5.43 Å². The maximum Gasteiger partial charge on any atom is 0.248 e. The summed E-state index contributed by atoms with van der Waals surface area (Å²) < 4.78 is 1.71. The number of primary amides is 1. The third-order valence-electron chi connectivity index (χ3n) is 3.65. The van der Waals surface area contributed by atoms with E-state index in [1.54, 1.807) is 53.2 Å². The number of pyridine rings is 1. The molecule has 24 heavy (non-hydrogen) atoms. The van der Waals surface area contributed by atoms with Crippen molar-refractivity contribution in [1.29, 1.82) is 0 Å². The molecule has 0 aliphatic rings. The van der Waals surface area contributed by atoms with E-state index in [2.05, 4.69) is 5.32 Å². The average Bonchev–Trinajstić information content (AvgIpc) is 2.58. The van der Waals surface area contributed by atoms with Crippen molar-refractivity contribution in [1.82, 2.24) is 4.57 Å². The molecule has 0 bridgehead atoms. The van der Waals surface area contributed by atoms with E-state index >= 15 is 0 Å². The molecule has 3 N–H and O–H groups in total. The summed E-state index contributed by atoms with van der Waals surface area (Å²) in [6, 6.07) is 14.9. The number of rotatable bonds is 4. The molecule has 0 aliphatic carbocycles. The zero-order chi connectivity index (χ0) is 17.1. The molecule has 6 nitrogen and oxygen atoms in total. The van der Waals surface area contributed by atoms with Gasteiger partial charge in [0.05, 0.1) is 5.52 Å². The summed E-state index contributed by atoms with van der Waals surface area (Å²) in [5.74, 6) is -0.761. The molecule has 0 saturated heterocycles. The fourth-order valence-corrected chi connectivity index (χ4v) is 2.47. The average molecular weight is 321 g/mol. The number of nitrogens with zero attached hydrogens (tertiary/aromatic N) is 1. The number of nitrogens with one attached hydrogen (secondary N) is 1. The summed E-state index contributed by atoms with van der Waals surface area (Å²) in [7, 11) is 0. The fourth-order valence-electron chi connectivity index (χ4n) is 2.47. The van der Waals surface area contributed by atoms with Gasteiger partial charge in [0.25, 0.3) is 0 Å². The number of aromatic nitrogens is 1. The molecule has 1 aromatic heterocycles. The van der Waals surface area contributed by atoms with Crippen LogP contribution in [0.15, 0.2) is 65.6 Å². The van der Waals surface area contributed by atoms with Crippen LogP contribution in [0.3, 0.4) is 0 Å². The third-order valence-corrected chi connectivity index (χ3v) is 3.65. The molecule has 3 rings (SSSR count). The molecule has 0 fully saturated rings. The Balaban J connectivity index is 1.79. The van der Waals surface area contributed by atoms with Crippen LogP contribution in [-0.4, -0.2) is 16.4 Å². The molecule has 1 heterocycles. The Bertz CT molecular complexity index is 975. The van der Waals surface area contributed by atoms with Crippen LogP contribution in [0.4, 0.5) is 5.69 Å². The number of anilines is 1. The van der Waals surface area contributed by atoms with Gasteiger partial charge in [0.1, 0.15) is 6.54 Å². The van der Waals surface area contributed by atoms with Gasteiger partial charge in [-0.15, -0.1) is 0 Å². The lowest BCUT2D eigenvalue weighted by atomic mass is 10.2. The second kappa shape index (κ2) is 6.37. The van der Waals surface area contributed by atoms with Gasteiger partial charge in [-0.25, -0.2) is 0 Å². The van der Waals surface area contributed by atoms with E-state index in [0.717, 1.165) is 0 Å². The van der Waals surface area contributed by atoms with Crippen molar-refractivity contribution in [3.63, 3.8) is 0 Å². The van der Waals surface area contributed by atoms with Gasteiger partial charge < -0.3 is 15.6 Å². The number of hydrogen-bond acceptors (Lipinski definition) is 3. The minimum absolute atomic E-state index is 0.0678. The maximum atomic E-state index is 12.2. The Kier molecular flexibility index (Phi) is 4.11. The first-order chi connectivity index (χ1) is 11.5. The number of benzene rings is 2. The van der Waals surface area contributed by atoms with Crippen LogP contribution in [0.1, 0.15) is 10.4 Å². The van der Waals surface area contributed by atoms with Crippen molar-refractivity contribution in [2.45, 2.75) is 6.54 Å². The summed E-state index contributed by atoms with van der Waals surface area (Å²) in [4.78, 5) is 35.1. The van der Waals surface area contributed by atoms with Crippen LogP contribution in [-0.2, 0) is 11.3 Å². The molecule has 2 amide bonds. The van der Waals surface area contributed by atoms with E-state index in [1.165, 1.54) is 6.07 Å². The molecular weight excluding hydrogens is 306 g/mol. The van der Waals surface area contributed by atoms with Crippen LogP contribution < -0.4 is 16.5 Å². The third kappa shape index (κ3) is 3.17. The van der Waals surface area contributed by atoms with Gasteiger partial charge in [0.2, 0.25) is 11.8 Å². The topological polar surface area (TPSA) is 94.2 Å². The highest BCUT2D eigenvalue weighted by Crippen LogP contribution is 2.12. The van der Waals surface area contributed by atoms with E-state index in [9.17, 15) is 14.4 Å². The standard InChI is InChI=1S/C18H15N3O3/c19-18(24)12-5-7-13(8-6-12)20-17(23)11-21-10-9-16(22)14-3-1-2-4-15(14)21/h1-10H,11H2,(H2,19,24)(H,20,23). The number of fused-ring (bicyclic) bond motifs is 1. The number of nitrogens with two attached hydrogens (primary N) is 1. The second-order valence-corrected chi connectivity index (χ2v) is 5.31. The SMILES string of the molecule is NC(=O)c1ccc(NC(=O)Cn2ccc(=O)c3ccccc32)cc1. The Morgan fingerprint density at radius 1 is 1.00 bits per heavy atom. The predicted molar refractivity (Wildman–Crippen MR) is 91.8 cm³/mol. The molecule has 0 atom stereocenters. The Morgan fingerprint density at radius 3 is 2.42 bits per heavy atom. The quantitative estimate of drug-likeness (QED) is 0.766. The van der Waals surface area contributed by atoms with Gasteiger partial charge in [-0.3, -0.25) is 14.4 Å². The molecule has 0 aliphatic heterocycles. The first kappa shape index (κ1) is 15.5. The number of hydrogen-bond donors (Lipinski definition) is 2. The van der Waals surface area contributed by atoms with Crippen LogP contribution in [0.2, 0.25) is 0 Å². The minimum Gasteiger partial charge on any atom is -0.366 e. The highest BCUT2D eigenvalue weighted by Gasteiger charge is 2.07. The van der Waals surface area contributed by atoms with E-state index in [0.29, 0.717) is 22.2 Å². The van der Waals surface area contributed by atoms with Gasteiger partial charge in [-0.2, -0.15) is 0 Å². The molecule has 0 unspecified atom stereocenters. The largest absolute Gasteiger partial charge is 0.366 e. The van der Waals surface area contributed by atoms with Crippen LogP contribution >= 0.6 is 0 Å². The van der Waals surface area contributed by atoms with Crippen LogP contribution in [0.5, 0.6) is 0 Å². The smallest absolute Gasteiger partial charge is 0.248 e. The molecule has 0 radical (unpaired) electrons. The fraction of sp³-hybridized carbons (Fsp3) is 0.0556. The summed E-state index contributed by atoms with van der Waals surface area (Å²) in [5.41, 5.74) is 6.74.